The van der Waals surface area contributed by atoms with Gasteiger partial charge in [-0.2, -0.15) is 0 Å². The van der Waals surface area contributed by atoms with E-state index in [-0.39, 0.29) is 0 Å². The van der Waals surface area contributed by atoms with E-state index in [0.717, 1.165) is 6.42 Å². The van der Waals surface area contributed by atoms with Crippen molar-refractivity contribution in [3.8, 4) is 0 Å². The summed E-state index contributed by atoms with van der Waals surface area (Å²) in [5, 5.41) is 1.19. The summed E-state index contributed by atoms with van der Waals surface area (Å²) in [4.78, 5) is 8.36. The fourth-order valence-corrected chi connectivity index (χ4v) is 3.10. The summed E-state index contributed by atoms with van der Waals surface area (Å²) in [7, 11) is 0. The summed E-state index contributed by atoms with van der Waals surface area (Å²) in [6.07, 6.45) is 4.97. The molecule has 1 aromatic heterocycles. The summed E-state index contributed by atoms with van der Waals surface area (Å²) in [6.45, 7) is 5.12. The molecule has 1 fully saturated rings. The Hall–Kier alpha value is -0.610. The molecule has 2 heterocycles. The van der Waals surface area contributed by atoms with E-state index in [1.54, 1.807) is 11.3 Å². The summed E-state index contributed by atoms with van der Waals surface area (Å²) in [5.74, 6) is 0. The number of anilines is 1. The number of nitrogens with zero attached hydrogens (tertiary/aromatic N) is 2. The van der Waals surface area contributed by atoms with E-state index in [2.05, 4.69) is 16.8 Å². The number of aryl methyl sites for hydroxylation is 1. The highest BCUT2D eigenvalue weighted by Gasteiger charge is 2.16. The molecule has 1 saturated heterocycles. The molecular weight excluding hydrogens is 206 g/mol. The number of aromatic nitrogens is 1. The van der Waals surface area contributed by atoms with Gasteiger partial charge < -0.3 is 10.6 Å². The van der Waals surface area contributed by atoms with Crippen LogP contribution in [0.3, 0.4) is 0 Å². The fourth-order valence-electron chi connectivity index (χ4n) is 2.03. The first kappa shape index (κ1) is 10.9. The third-order valence-corrected chi connectivity index (χ3v) is 4.09. The Morgan fingerprint density at radius 1 is 1.33 bits per heavy atom. The lowest BCUT2D eigenvalue weighted by atomic mass is 10.1. The number of rotatable bonds is 3. The van der Waals surface area contributed by atoms with Gasteiger partial charge in [-0.15, -0.1) is 11.3 Å². The summed E-state index contributed by atoms with van der Waals surface area (Å²) in [6, 6.07) is 0. The van der Waals surface area contributed by atoms with Gasteiger partial charge in [0, 0.05) is 24.5 Å². The Morgan fingerprint density at radius 3 is 2.60 bits per heavy atom. The molecule has 0 unspecified atom stereocenters. The van der Waals surface area contributed by atoms with Gasteiger partial charge in [0.05, 0.1) is 5.69 Å². The molecule has 3 nitrogen and oxygen atoms in total. The average Bonchev–Trinajstić information content (AvgIpc) is 2.73. The van der Waals surface area contributed by atoms with E-state index in [9.17, 15) is 0 Å². The van der Waals surface area contributed by atoms with Gasteiger partial charge in [0.1, 0.15) is 0 Å². The Bertz CT molecular complexity index is 294. The normalized spacial score (nSPS) is 17.1. The smallest absolute Gasteiger partial charge is 0.185 e. The molecule has 0 aliphatic carbocycles. The van der Waals surface area contributed by atoms with Gasteiger partial charge in [-0.05, 0) is 25.7 Å². The summed E-state index contributed by atoms with van der Waals surface area (Å²) < 4.78 is 0. The van der Waals surface area contributed by atoms with Crippen molar-refractivity contribution in [3.05, 3.63) is 10.6 Å². The van der Waals surface area contributed by atoms with Crippen molar-refractivity contribution < 1.29 is 0 Å². The summed E-state index contributed by atoms with van der Waals surface area (Å²) in [5.41, 5.74) is 6.92. The van der Waals surface area contributed by atoms with Gasteiger partial charge in [0.2, 0.25) is 0 Å². The second-order valence-corrected chi connectivity index (χ2v) is 5.03. The van der Waals surface area contributed by atoms with Crippen molar-refractivity contribution in [3.63, 3.8) is 0 Å². The van der Waals surface area contributed by atoms with Crippen molar-refractivity contribution in [1.29, 1.82) is 0 Å². The predicted octanol–water partition coefficient (Wildman–Crippen LogP) is 2.15. The van der Waals surface area contributed by atoms with Gasteiger partial charge in [0.15, 0.2) is 5.13 Å². The van der Waals surface area contributed by atoms with Crippen molar-refractivity contribution in [2.75, 3.05) is 18.0 Å². The van der Waals surface area contributed by atoms with Crippen LogP contribution < -0.4 is 10.6 Å². The zero-order valence-electron chi connectivity index (χ0n) is 9.33. The zero-order chi connectivity index (χ0) is 10.7. The van der Waals surface area contributed by atoms with Crippen LogP contribution in [0.25, 0.3) is 0 Å². The lowest BCUT2D eigenvalue weighted by molar-refractivity contribution is 0.576. The Morgan fingerprint density at radius 2 is 2.07 bits per heavy atom. The molecule has 2 rings (SSSR count). The van der Waals surface area contributed by atoms with Crippen LogP contribution in [0, 0.1) is 0 Å². The molecule has 0 saturated carbocycles. The Balaban J connectivity index is 2.16. The number of hydrogen-bond acceptors (Lipinski definition) is 4. The molecule has 1 aromatic rings. The summed E-state index contributed by atoms with van der Waals surface area (Å²) >= 11 is 1.78. The van der Waals surface area contributed by atoms with Crippen LogP contribution in [-0.2, 0) is 13.0 Å². The zero-order valence-corrected chi connectivity index (χ0v) is 10.1. The van der Waals surface area contributed by atoms with Crippen molar-refractivity contribution in [2.45, 2.75) is 39.2 Å². The molecule has 0 radical (unpaired) electrons. The van der Waals surface area contributed by atoms with Crippen molar-refractivity contribution in [2.24, 2.45) is 5.73 Å². The maximum Gasteiger partial charge on any atom is 0.185 e. The van der Waals surface area contributed by atoms with Crippen LogP contribution in [0.5, 0.6) is 0 Å². The van der Waals surface area contributed by atoms with E-state index < -0.39 is 0 Å². The number of thiazole rings is 1. The van der Waals surface area contributed by atoms with Crippen LogP contribution >= 0.6 is 11.3 Å². The fraction of sp³-hybridized carbons (Fsp3) is 0.727. The molecule has 84 valence electrons. The minimum Gasteiger partial charge on any atom is -0.348 e. The largest absolute Gasteiger partial charge is 0.348 e. The molecule has 2 N–H and O–H groups in total. The lowest BCUT2D eigenvalue weighted by Crippen LogP contribution is -2.29. The molecular formula is C11H19N3S. The molecule has 0 atom stereocenters. The number of piperidine rings is 1. The molecule has 15 heavy (non-hydrogen) atoms. The maximum atomic E-state index is 5.72. The van der Waals surface area contributed by atoms with E-state index in [1.807, 2.05) is 0 Å². The van der Waals surface area contributed by atoms with Crippen molar-refractivity contribution in [1.82, 2.24) is 4.98 Å². The Labute approximate surface area is 95.3 Å². The minimum absolute atomic E-state index is 0.634. The van der Waals surface area contributed by atoms with Crippen LogP contribution in [0.1, 0.15) is 36.8 Å². The first-order valence-corrected chi connectivity index (χ1v) is 6.60. The SMILES string of the molecule is CCc1nc(N2CCCCC2)sc1CN. The van der Waals surface area contributed by atoms with Gasteiger partial charge in [-0.3, -0.25) is 0 Å². The predicted molar refractivity (Wildman–Crippen MR) is 65.4 cm³/mol. The molecule has 4 heteroatoms. The number of nitrogens with two attached hydrogens (primary N) is 1. The molecule has 0 aromatic carbocycles. The second-order valence-electron chi connectivity index (χ2n) is 3.97. The highest BCUT2D eigenvalue weighted by molar-refractivity contribution is 7.15. The quantitative estimate of drug-likeness (QED) is 0.857. The standard InChI is InChI=1S/C11H19N3S/c1-2-9-10(8-12)15-11(13-9)14-6-4-3-5-7-14/h2-8,12H2,1H3. The van der Waals surface area contributed by atoms with E-state index in [0.29, 0.717) is 6.54 Å². The molecule has 1 aliphatic heterocycles. The Kier molecular flexibility index (Phi) is 3.59. The van der Waals surface area contributed by atoms with Crippen LogP contribution in [-0.4, -0.2) is 18.1 Å². The highest BCUT2D eigenvalue weighted by Crippen LogP contribution is 2.28. The molecule has 0 bridgehead atoms. The first-order chi connectivity index (χ1) is 7.35. The third kappa shape index (κ3) is 2.32. The second kappa shape index (κ2) is 4.94. The van der Waals surface area contributed by atoms with E-state index in [4.69, 9.17) is 5.73 Å². The first-order valence-electron chi connectivity index (χ1n) is 5.78. The van der Waals surface area contributed by atoms with Crippen LogP contribution in [0.15, 0.2) is 0 Å². The molecule has 1 aliphatic rings. The number of hydrogen-bond donors (Lipinski definition) is 1. The lowest BCUT2D eigenvalue weighted by Gasteiger charge is -2.25. The maximum absolute atomic E-state index is 5.72. The third-order valence-electron chi connectivity index (χ3n) is 2.91. The van der Waals surface area contributed by atoms with Gasteiger partial charge in [-0.25, -0.2) is 4.98 Å². The molecule has 0 spiro atoms. The van der Waals surface area contributed by atoms with Crippen LogP contribution in [0.4, 0.5) is 5.13 Å². The monoisotopic (exact) mass is 225 g/mol. The minimum atomic E-state index is 0.634. The van der Waals surface area contributed by atoms with Crippen molar-refractivity contribution >= 4 is 16.5 Å². The van der Waals surface area contributed by atoms with Gasteiger partial charge in [-0.1, -0.05) is 6.92 Å². The van der Waals surface area contributed by atoms with E-state index >= 15 is 0 Å². The van der Waals surface area contributed by atoms with Gasteiger partial charge >= 0.3 is 0 Å². The highest BCUT2D eigenvalue weighted by atomic mass is 32.1. The van der Waals surface area contributed by atoms with Crippen LogP contribution in [0.2, 0.25) is 0 Å². The van der Waals surface area contributed by atoms with E-state index in [1.165, 1.54) is 48.1 Å². The average molecular weight is 225 g/mol. The van der Waals surface area contributed by atoms with Gasteiger partial charge in [0.25, 0.3) is 0 Å². The molecule has 0 amide bonds. The topological polar surface area (TPSA) is 42.2 Å².